The van der Waals surface area contributed by atoms with Crippen LogP contribution in [-0.4, -0.2) is 17.4 Å². The minimum absolute atomic E-state index is 0.160. The van der Waals surface area contributed by atoms with Crippen LogP contribution in [0, 0.1) is 5.82 Å². The van der Waals surface area contributed by atoms with E-state index in [-0.39, 0.29) is 5.75 Å². The van der Waals surface area contributed by atoms with E-state index in [1.54, 1.807) is 6.07 Å². The standard InChI is InChI=1S/C8H10BFO3/c1-2-6-3-4-8(7(10)5-6)13-9(11)12/h3-5,11-12H,2H2,1H3. The fourth-order valence-electron chi connectivity index (χ4n) is 0.973. The summed E-state index contributed by atoms with van der Waals surface area (Å²) in [6, 6.07) is 4.34. The molecule has 0 saturated heterocycles. The molecule has 0 saturated carbocycles. The van der Waals surface area contributed by atoms with Gasteiger partial charge in [-0.1, -0.05) is 13.0 Å². The summed E-state index contributed by atoms with van der Waals surface area (Å²) >= 11 is 0. The van der Waals surface area contributed by atoms with E-state index < -0.39 is 13.1 Å². The predicted octanol–water partition coefficient (Wildman–Crippen LogP) is 0.736. The lowest BCUT2D eigenvalue weighted by atomic mass is 10.1. The molecule has 0 radical (unpaired) electrons. The Bertz CT molecular complexity index is 291. The molecule has 0 fully saturated rings. The molecular formula is C8H10BFO3. The monoisotopic (exact) mass is 184 g/mol. The topological polar surface area (TPSA) is 49.7 Å². The molecule has 1 aromatic carbocycles. The normalized spacial score (nSPS) is 9.85. The molecule has 2 N–H and O–H groups in total. The molecule has 0 aliphatic heterocycles. The van der Waals surface area contributed by atoms with Crippen molar-refractivity contribution < 1.29 is 19.1 Å². The van der Waals surface area contributed by atoms with Crippen molar-refractivity contribution >= 4 is 7.32 Å². The first-order valence-corrected chi connectivity index (χ1v) is 3.94. The maximum atomic E-state index is 13.1. The van der Waals surface area contributed by atoms with Crippen LogP contribution in [0.15, 0.2) is 18.2 Å². The molecule has 1 rings (SSSR count). The zero-order chi connectivity index (χ0) is 9.84. The fraction of sp³-hybridized carbons (Fsp3) is 0.250. The van der Waals surface area contributed by atoms with Gasteiger partial charge in [0.25, 0.3) is 0 Å². The van der Waals surface area contributed by atoms with E-state index in [0.29, 0.717) is 0 Å². The van der Waals surface area contributed by atoms with Gasteiger partial charge in [-0.25, -0.2) is 4.39 Å². The van der Waals surface area contributed by atoms with E-state index in [2.05, 4.69) is 4.65 Å². The molecule has 70 valence electrons. The quantitative estimate of drug-likeness (QED) is 0.681. The SMILES string of the molecule is CCc1ccc(OB(O)O)c(F)c1. The number of benzene rings is 1. The highest BCUT2D eigenvalue weighted by Gasteiger charge is 2.14. The Hall–Kier alpha value is -1.07. The molecule has 0 unspecified atom stereocenters. The molecule has 0 amide bonds. The average molecular weight is 184 g/mol. The number of aryl methyl sites for hydroxylation is 1. The van der Waals surface area contributed by atoms with Crippen molar-refractivity contribution in [3.8, 4) is 5.75 Å². The van der Waals surface area contributed by atoms with Crippen LogP contribution in [0.4, 0.5) is 4.39 Å². The van der Waals surface area contributed by atoms with Gasteiger partial charge in [-0.3, -0.25) is 0 Å². The highest BCUT2D eigenvalue weighted by molar-refractivity contribution is 6.33. The maximum absolute atomic E-state index is 13.1. The summed E-state index contributed by atoms with van der Waals surface area (Å²) < 4.78 is 17.4. The van der Waals surface area contributed by atoms with Crippen molar-refractivity contribution in [2.75, 3.05) is 0 Å². The van der Waals surface area contributed by atoms with Crippen LogP contribution in [0.2, 0.25) is 0 Å². The Morgan fingerprint density at radius 1 is 1.46 bits per heavy atom. The number of hydrogen-bond acceptors (Lipinski definition) is 3. The lowest BCUT2D eigenvalue weighted by Crippen LogP contribution is -2.21. The third kappa shape index (κ3) is 2.71. The Morgan fingerprint density at radius 2 is 2.15 bits per heavy atom. The van der Waals surface area contributed by atoms with Crippen molar-refractivity contribution in [2.45, 2.75) is 13.3 Å². The third-order valence-electron chi connectivity index (χ3n) is 1.64. The van der Waals surface area contributed by atoms with Crippen LogP contribution in [0.25, 0.3) is 0 Å². The number of hydrogen-bond donors (Lipinski definition) is 2. The highest BCUT2D eigenvalue weighted by atomic mass is 19.1. The van der Waals surface area contributed by atoms with Gasteiger partial charge in [-0.15, -0.1) is 0 Å². The van der Waals surface area contributed by atoms with Crippen molar-refractivity contribution in [1.82, 2.24) is 0 Å². The van der Waals surface area contributed by atoms with Crippen LogP contribution in [0.1, 0.15) is 12.5 Å². The van der Waals surface area contributed by atoms with Gasteiger partial charge in [0.1, 0.15) is 5.75 Å². The largest absolute Gasteiger partial charge is 0.707 e. The molecule has 0 bridgehead atoms. The smallest absolute Gasteiger partial charge is 0.510 e. The van der Waals surface area contributed by atoms with Crippen LogP contribution in [-0.2, 0) is 6.42 Å². The second-order valence-corrected chi connectivity index (χ2v) is 2.56. The van der Waals surface area contributed by atoms with Gasteiger partial charge in [0, 0.05) is 0 Å². The van der Waals surface area contributed by atoms with E-state index in [9.17, 15) is 4.39 Å². The second kappa shape index (κ2) is 4.25. The van der Waals surface area contributed by atoms with Crippen LogP contribution in [0.5, 0.6) is 5.75 Å². The second-order valence-electron chi connectivity index (χ2n) is 2.56. The molecular weight excluding hydrogens is 174 g/mol. The van der Waals surface area contributed by atoms with Crippen molar-refractivity contribution in [2.24, 2.45) is 0 Å². The van der Waals surface area contributed by atoms with Crippen LogP contribution < -0.4 is 4.65 Å². The van der Waals surface area contributed by atoms with Gasteiger partial charge in [0.2, 0.25) is 0 Å². The molecule has 0 atom stereocenters. The summed E-state index contributed by atoms with van der Waals surface area (Å²) in [6.45, 7) is 1.90. The molecule has 0 aliphatic rings. The van der Waals surface area contributed by atoms with Gasteiger partial charge < -0.3 is 14.7 Å². The molecule has 3 nitrogen and oxygen atoms in total. The Morgan fingerprint density at radius 3 is 2.62 bits per heavy atom. The lowest BCUT2D eigenvalue weighted by Gasteiger charge is -2.06. The number of rotatable bonds is 3. The fourth-order valence-corrected chi connectivity index (χ4v) is 0.973. The zero-order valence-corrected chi connectivity index (χ0v) is 7.20. The first-order valence-electron chi connectivity index (χ1n) is 3.94. The minimum atomic E-state index is -1.98. The van der Waals surface area contributed by atoms with Gasteiger partial charge in [0.05, 0.1) is 0 Å². The summed E-state index contributed by atoms with van der Waals surface area (Å²) in [5, 5.41) is 16.8. The van der Waals surface area contributed by atoms with E-state index >= 15 is 0 Å². The molecule has 1 aromatic rings. The highest BCUT2D eigenvalue weighted by Crippen LogP contribution is 2.18. The summed E-state index contributed by atoms with van der Waals surface area (Å²) in [7, 11) is -1.98. The molecule has 0 aromatic heterocycles. The van der Waals surface area contributed by atoms with Gasteiger partial charge in [-0.05, 0) is 24.1 Å². The Balaban J connectivity index is 2.85. The Labute approximate surface area is 76.0 Å². The Kier molecular flexibility index (Phi) is 3.28. The molecule has 0 heterocycles. The van der Waals surface area contributed by atoms with E-state index in [1.807, 2.05) is 6.92 Å². The van der Waals surface area contributed by atoms with Crippen LogP contribution >= 0.6 is 0 Å². The zero-order valence-electron chi connectivity index (χ0n) is 7.20. The minimum Gasteiger partial charge on any atom is -0.510 e. The summed E-state index contributed by atoms with van der Waals surface area (Å²) in [5.74, 6) is -0.750. The summed E-state index contributed by atoms with van der Waals surface area (Å²) in [6.07, 6.45) is 0.721. The van der Waals surface area contributed by atoms with Crippen LogP contribution in [0.3, 0.4) is 0 Å². The van der Waals surface area contributed by atoms with E-state index in [1.165, 1.54) is 12.1 Å². The van der Waals surface area contributed by atoms with E-state index in [0.717, 1.165) is 12.0 Å². The van der Waals surface area contributed by atoms with E-state index in [4.69, 9.17) is 10.0 Å². The average Bonchev–Trinajstić information content (AvgIpc) is 2.08. The number of halogens is 1. The van der Waals surface area contributed by atoms with Gasteiger partial charge in [0.15, 0.2) is 5.82 Å². The van der Waals surface area contributed by atoms with Gasteiger partial charge >= 0.3 is 7.32 Å². The summed E-state index contributed by atoms with van der Waals surface area (Å²) in [5.41, 5.74) is 0.831. The third-order valence-corrected chi connectivity index (χ3v) is 1.64. The molecule has 13 heavy (non-hydrogen) atoms. The lowest BCUT2D eigenvalue weighted by molar-refractivity contribution is 0.281. The van der Waals surface area contributed by atoms with Crippen molar-refractivity contribution in [3.05, 3.63) is 29.6 Å². The maximum Gasteiger partial charge on any atom is 0.707 e. The first kappa shape index (κ1) is 10.0. The first-order chi connectivity index (χ1) is 6.13. The van der Waals surface area contributed by atoms with Crippen molar-refractivity contribution in [1.29, 1.82) is 0 Å². The molecule has 0 spiro atoms. The van der Waals surface area contributed by atoms with Crippen molar-refractivity contribution in [3.63, 3.8) is 0 Å². The van der Waals surface area contributed by atoms with Gasteiger partial charge in [-0.2, -0.15) is 0 Å². The predicted molar refractivity (Wildman–Crippen MR) is 46.6 cm³/mol. The molecule has 0 aliphatic carbocycles. The summed E-state index contributed by atoms with van der Waals surface area (Å²) in [4.78, 5) is 0. The molecule has 5 heteroatoms.